The van der Waals surface area contributed by atoms with Crippen LogP contribution in [0.15, 0.2) is 18.2 Å². The zero-order chi connectivity index (χ0) is 7.40. The molecule has 10 heavy (non-hydrogen) atoms. The topological polar surface area (TPSA) is 40.5 Å². The molecule has 53 valence electrons. The van der Waals surface area contributed by atoms with Crippen molar-refractivity contribution in [3.63, 3.8) is 0 Å². The number of phenolic OH excluding ortho intramolecular Hbond substituents is 1. The standard InChI is InChI=1S/C8H9O2/c9-5-4-7-2-1-3-8(10)6-7/h1-3,9-10H,4-5H2. The van der Waals surface area contributed by atoms with Crippen molar-refractivity contribution in [3.8, 4) is 5.75 Å². The summed E-state index contributed by atoms with van der Waals surface area (Å²) in [5, 5.41) is 17.4. The Kier molecular flexibility index (Phi) is 2.29. The zero-order valence-electron chi connectivity index (χ0n) is 5.54. The molecule has 1 radical (unpaired) electrons. The Morgan fingerprint density at radius 3 is 2.80 bits per heavy atom. The van der Waals surface area contributed by atoms with E-state index in [4.69, 9.17) is 10.2 Å². The molecule has 0 amide bonds. The van der Waals surface area contributed by atoms with Crippen LogP contribution in [0.4, 0.5) is 0 Å². The van der Waals surface area contributed by atoms with Crippen molar-refractivity contribution in [2.75, 3.05) is 6.61 Å². The van der Waals surface area contributed by atoms with Gasteiger partial charge in [-0.25, -0.2) is 0 Å². The van der Waals surface area contributed by atoms with Gasteiger partial charge in [0.1, 0.15) is 5.75 Å². The van der Waals surface area contributed by atoms with E-state index in [2.05, 4.69) is 6.07 Å². The minimum Gasteiger partial charge on any atom is -0.507 e. The summed E-state index contributed by atoms with van der Waals surface area (Å²) in [6.45, 7) is 0.0972. The van der Waals surface area contributed by atoms with Crippen molar-refractivity contribution in [2.45, 2.75) is 6.42 Å². The van der Waals surface area contributed by atoms with Gasteiger partial charge in [-0.05, 0) is 18.1 Å². The largest absolute Gasteiger partial charge is 0.507 e. The van der Waals surface area contributed by atoms with Gasteiger partial charge < -0.3 is 10.2 Å². The Hall–Kier alpha value is -1.02. The van der Waals surface area contributed by atoms with Crippen LogP contribution in [0.2, 0.25) is 0 Å². The summed E-state index contributed by atoms with van der Waals surface area (Å²) in [7, 11) is 0. The molecule has 0 unspecified atom stereocenters. The van der Waals surface area contributed by atoms with E-state index in [0.717, 1.165) is 5.56 Å². The van der Waals surface area contributed by atoms with Gasteiger partial charge in [0, 0.05) is 12.7 Å². The number of benzene rings is 1. The number of hydrogen-bond donors (Lipinski definition) is 2. The molecule has 0 aliphatic carbocycles. The molecule has 0 spiro atoms. The Morgan fingerprint density at radius 2 is 2.20 bits per heavy atom. The van der Waals surface area contributed by atoms with Crippen molar-refractivity contribution < 1.29 is 10.2 Å². The third kappa shape index (κ3) is 1.74. The van der Waals surface area contributed by atoms with E-state index in [1.165, 1.54) is 0 Å². The fraction of sp³-hybridized carbons (Fsp3) is 0.250. The monoisotopic (exact) mass is 137 g/mol. The first kappa shape index (κ1) is 7.09. The van der Waals surface area contributed by atoms with Gasteiger partial charge in [-0.2, -0.15) is 0 Å². The fourth-order valence-electron chi connectivity index (χ4n) is 0.770. The van der Waals surface area contributed by atoms with Crippen molar-refractivity contribution in [1.29, 1.82) is 0 Å². The molecule has 2 heteroatoms. The lowest BCUT2D eigenvalue weighted by atomic mass is 10.1. The van der Waals surface area contributed by atoms with Crippen LogP contribution in [-0.2, 0) is 6.42 Å². The SMILES string of the molecule is OCCc1[c]c(O)ccc1. The lowest BCUT2D eigenvalue weighted by Crippen LogP contribution is -1.89. The number of aliphatic hydroxyl groups is 1. The molecule has 0 fully saturated rings. The maximum Gasteiger partial charge on any atom is 0.123 e. The van der Waals surface area contributed by atoms with E-state index >= 15 is 0 Å². The molecule has 0 saturated heterocycles. The third-order valence-corrected chi connectivity index (χ3v) is 1.22. The molecular formula is C8H9O2. The summed E-state index contributed by atoms with van der Waals surface area (Å²) < 4.78 is 0. The van der Waals surface area contributed by atoms with Gasteiger partial charge in [0.25, 0.3) is 0 Å². The van der Waals surface area contributed by atoms with E-state index in [-0.39, 0.29) is 12.4 Å². The van der Waals surface area contributed by atoms with Crippen LogP contribution in [0.5, 0.6) is 5.75 Å². The normalized spacial score (nSPS) is 9.70. The van der Waals surface area contributed by atoms with Crippen LogP contribution in [0.1, 0.15) is 5.56 Å². The van der Waals surface area contributed by atoms with Gasteiger partial charge in [0.15, 0.2) is 0 Å². The molecule has 1 rings (SSSR count). The number of aliphatic hydroxyl groups excluding tert-OH is 1. The molecule has 1 aromatic carbocycles. The number of aromatic hydroxyl groups is 1. The second kappa shape index (κ2) is 3.22. The Bertz CT molecular complexity index is 208. The molecule has 0 aliphatic rings. The zero-order valence-corrected chi connectivity index (χ0v) is 5.54. The highest BCUT2D eigenvalue weighted by atomic mass is 16.3. The summed E-state index contributed by atoms with van der Waals surface area (Å²) in [6.07, 6.45) is 0.550. The van der Waals surface area contributed by atoms with Crippen molar-refractivity contribution >= 4 is 0 Å². The Morgan fingerprint density at radius 1 is 1.40 bits per heavy atom. The highest BCUT2D eigenvalue weighted by molar-refractivity contribution is 5.25. The summed E-state index contributed by atoms with van der Waals surface area (Å²) in [5.74, 6) is 0.131. The van der Waals surface area contributed by atoms with Crippen LogP contribution < -0.4 is 0 Å². The summed E-state index contributed by atoms with van der Waals surface area (Å²) in [6, 6.07) is 7.81. The quantitative estimate of drug-likeness (QED) is 0.630. The summed E-state index contributed by atoms with van der Waals surface area (Å²) in [4.78, 5) is 0. The van der Waals surface area contributed by atoms with E-state index in [0.29, 0.717) is 6.42 Å². The maximum absolute atomic E-state index is 8.90. The van der Waals surface area contributed by atoms with Gasteiger partial charge in [-0.3, -0.25) is 0 Å². The summed E-state index contributed by atoms with van der Waals surface area (Å²) >= 11 is 0. The predicted molar refractivity (Wildman–Crippen MR) is 37.7 cm³/mol. The third-order valence-electron chi connectivity index (χ3n) is 1.22. The Labute approximate surface area is 59.7 Å². The van der Waals surface area contributed by atoms with Crippen LogP contribution in [0, 0.1) is 6.07 Å². The first-order valence-electron chi connectivity index (χ1n) is 3.14. The fourth-order valence-corrected chi connectivity index (χ4v) is 0.770. The minimum absolute atomic E-state index is 0.0972. The summed E-state index contributed by atoms with van der Waals surface area (Å²) in [5.41, 5.74) is 0.836. The molecule has 2 nitrogen and oxygen atoms in total. The van der Waals surface area contributed by atoms with Crippen molar-refractivity contribution in [2.24, 2.45) is 0 Å². The number of hydrogen-bond acceptors (Lipinski definition) is 2. The first-order chi connectivity index (χ1) is 4.83. The van der Waals surface area contributed by atoms with Crippen LogP contribution in [0.3, 0.4) is 0 Å². The molecule has 0 atom stereocenters. The Balaban J connectivity index is 2.75. The molecule has 0 aromatic heterocycles. The van der Waals surface area contributed by atoms with Gasteiger partial charge in [-0.15, -0.1) is 0 Å². The van der Waals surface area contributed by atoms with Crippen molar-refractivity contribution in [3.05, 3.63) is 29.8 Å². The first-order valence-corrected chi connectivity index (χ1v) is 3.14. The molecule has 2 N–H and O–H groups in total. The highest BCUT2D eigenvalue weighted by Gasteiger charge is 1.92. The smallest absolute Gasteiger partial charge is 0.123 e. The average Bonchev–Trinajstić information content (AvgIpc) is 1.88. The molecule has 0 aliphatic heterocycles. The van der Waals surface area contributed by atoms with Gasteiger partial charge in [-0.1, -0.05) is 12.1 Å². The van der Waals surface area contributed by atoms with Gasteiger partial charge >= 0.3 is 0 Å². The lowest BCUT2D eigenvalue weighted by Gasteiger charge is -1.95. The number of rotatable bonds is 2. The van der Waals surface area contributed by atoms with Crippen LogP contribution >= 0.6 is 0 Å². The van der Waals surface area contributed by atoms with Crippen LogP contribution in [0.25, 0.3) is 0 Å². The predicted octanol–water partition coefficient (Wildman–Crippen LogP) is 0.727. The molecule has 0 saturated carbocycles. The average molecular weight is 137 g/mol. The lowest BCUT2D eigenvalue weighted by molar-refractivity contribution is 0.299. The molecular weight excluding hydrogens is 128 g/mol. The minimum atomic E-state index is 0.0972. The van der Waals surface area contributed by atoms with E-state index in [1.807, 2.05) is 6.07 Å². The van der Waals surface area contributed by atoms with E-state index < -0.39 is 0 Å². The molecule has 1 aromatic rings. The maximum atomic E-state index is 8.90. The highest BCUT2D eigenvalue weighted by Crippen LogP contribution is 2.09. The molecule has 0 bridgehead atoms. The van der Waals surface area contributed by atoms with E-state index in [1.54, 1.807) is 12.1 Å². The van der Waals surface area contributed by atoms with E-state index in [9.17, 15) is 0 Å². The second-order valence-corrected chi connectivity index (χ2v) is 2.03. The van der Waals surface area contributed by atoms with Crippen LogP contribution in [-0.4, -0.2) is 16.8 Å². The van der Waals surface area contributed by atoms with Crippen molar-refractivity contribution in [1.82, 2.24) is 0 Å². The van der Waals surface area contributed by atoms with Gasteiger partial charge in [0.2, 0.25) is 0 Å². The number of phenols is 1. The van der Waals surface area contributed by atoms with Gasteiger partial charge in [0.05, 0.1) is 0 Å². The molecule has 0 heterocycles. The second-order valence-electron chi connectivity index (χ2n) is 2.03.